The van der Waals surface area contributed by atoms with Gasteiger partial charge in [-0.05, 0) is 36.6 Å². The molecule has 2 aromatic rings. The minimum atomic E-state index is -0.561. The molecule has 1 N–H and O–H groups in total. The fourth-order valence-corrected chi connectivity index (χ4v) is 3.16. The van der Waals surface area contributed by atoms with Crippen molar-refractivity contribution >= 4 is 11.3 Å². The fourth-order valence-electron chi connectivity index (χ4n) is 2.08. The molecule has 21 heavy (non-hydrogen) atoms. The molecule has 1 atom stereocenters. The van der Waals surface area contributed by atoms with E-state index < -0.39 is 11.6 Å². The second-order valence-corrected chi connectivity index (χ2v) is 6.24. The molecule has 1 aromatic carbocycles. The standard InChI is InChI=1S/C16H20F2N2S/c1-4-5-19-15(11-6-12(17)8-13(18)7-11)16-20-14(9-21-16)10(2)3/h6-10,15,19H,4-5H2,1-3H3. The van der Waals surface area contributed by atoms with E-state index in [1.807, 2.05) is 5.38 Å². The van der Waals surface area contributed by atoms with Crippen molar-refractivity contribution in [1.82, 2.24) is 10.3 Å². The second kappa shape index (κ2) is 7.09. The Hall–Kier alpha value is -1.33. The van der Waals surface area contributed by atoms with Gasteiger partial charge in [0, 0.05) is 11.4 Å². The largest absolute Gasteiger partial charge is 0.304 e. The first-order valence-electron chi connectivity index (χ1n) is 7.16. The van der Waals surface area contributed by atoms with E-state index in [9.17, 15) is 8.78 Å². The first kappa shape index (κ1) is 16.0. The summed E-state index contributed by atoms with van der Waals surface area (Å²) in [6.07, 6.45) is 0.941. The summed E-state index contributed by atoms with van der Waals surface area (Å²) < 4.78 is 26.9. The van der Waals surface area contributed by atoms with Gasteiger partial charge in [0.1, 0.15) is 16.6 Å². The quantitative estimate of drug-likeness (QED) is 0.841. The minimum Gasteiger partial charge on any atom is -0.304 e. The lowest BCUT2D eigenvalue weighted by Crippen LogP contribution is -2.23. The molecule has 0 aliphatic heterocycles. The molecule has 0 spiro atoms. The van der Waals surface area contributed by atoms with Crippen LogP contribution in [0, 0.1) is 11.6 Å². The van der Waals surface area contributed by atoms with E-state index >= 15 is 0 Å². The molecule has 0 radical (unpaired) electrons. The third-order valence-corrected chi connectivity index (χ3v) is 4.12. The SMILES string of the molecule is CCCNC(c1cc(F)cc(F)c1)c1nc(C(C)C)cs1. The Balaban J connectivity index is 2.36. The van der Waals surface area contributed by atoms with Crippen LogP contribution in [0.4, 0.5) is 8.78 Å². The molecule has 1 aromatic heterocycles. The molecule has 1 unspecified atom stereocenters. The van der Waals surface area contributed by atoms with Crippen molar-refractivity contribution in [2.75, 3.05) is 6.54 Å². The van der Waals surface area contributed by atoms with Crippen molar-refractivity contribution in [3.8, 4) is 0 Å². The third-order valence-electron chi connectivity index (χ3n) is 3.19. The number of nitrogens with one attached hydrogen (secondary N) is 1. The van der Waals surface area contributed by atoms with Crippen molar-refractivity contribution in [2.45, 2.75) is 39.2 Å². The summed E-state index contributed by atoms with van der Waals surface area (Å²) >= 11 is 1.52. The smallest absolute Gasteiger partial charge is 0.126 e. The van der Waals surface area contributed by atoms with E-state index in [1.54, 1.807) is 0 Å². The molecule has 0 aliphatic carbocycles. The number of hydrogen-bond acceptors (Lipinski definition) is 3. The van der Waals surface area contributed by atoms with Crippen molar-refractivity contribution < 1.29 is 8.78 Å². The predicted molar refractivity (Wildman–Crippen MR) is 82.7 cm³/mol. The monoisotopic (exact) mass is 310 g/mol. The summed E-state index contributed by atoms with van der Waals surface area (Å²) in [7, 11) is 0. The van der Waals surface area contributed by atoms with E-state index in [-0.39, 0.29) is 6.04 Å². The number of nitrogens with zero attached hydrogens (tertiary/aromatic N) is 1. The van der Waals surface area contributed by atoms with Gasteiger partial charge in [-0.3, -0.25) is 0 Å². The molecular formula is C16H20F2N2S. The van der Waals surface area contributed by atoms with Crippen LogP contribution < -0.4 is 5.32 Å². The Bertz CT molecular complexity index is 575. The molecule has 2 rings (SSSR count). The van der Waals surface area contributed by atoms with Crippen LogP contribution in [0.1, 0.15) is 55.4 Å². The number of aromatic nitrogens is 1. The van der Waals surface area contributed by atoms with Gasteiger partial charge in [-0.2, -0.15) is 0 Å². The Labute approximate surface area is 128 Å². The summed E-state index contributed by atoms with van der Waals surface area (Å²) in [4.78, 5) is 4.61. The first-order valence-corrected chi connectivity index (χ1v) is 8.04. The first-order chi connectivity index (χ1) is 10.0. The van der Waals surface area contributed by atoms with Gasteiger partial charge in [-0.1, -0.05) is 20.8 Å². The highest BCUT2D eigenvalue weighted by Crippen LogP contribution is 2.28. The predicted octanol–water partition coefficient (Wildman–Crippen LogP) is 4.63. The molecule has 1 heterocycles. The van der Waals surface area contributed by atoms with E-state index in [4.69, 9.17) is 0 Å². The highest BCUT2D eigenvalue weighted by molar-refractivity contribution is 7.09. The molecule has 0 aliphatic rings. The highest BCUT2D eigenvalue weighted by Gasteiger charge is 2.19. The number of benzene rings is 1. The summed E-state index contributed by atoms with van der Waals surface area (Å²) in [6.45, 7) is 6.97. The molecular weight excluding hydrogens is 290 g/mol. The van der Waals surface area contributed by atoms with Gasteiger partial charge in [0.05, 0.1) is 11.7 Å². The number of rotatable bonds is 6. The molecule has 0 amide bonds. The summed E-state index contributed by atoms with van der Waals surface area (Å²) in [6, 6.07) is 3.36. The van der Waals surface area contributed by atoms with Crippen LogP contribution in [0.5, 0.6) is 0 Å². The Morgan fingerprint density at radius 2 is 1.86 bits per heavy atom. The van der Waals surface area contributed by atoms with Gasteiger partial charge < -0.3 is 5.32 Å². The average molecular weight is 310 g/mol. The van der Waals surface area contributed by atoms with Gasteiger partial charge in [0.25, 0.3) is 0 Å². The Kier molecular flexibility index (Phi) is 5.42. The zero-order chi connectivity index (χ0) is 15.4. The van der Waals surface area contributed by atoms with Crippen LogP contribution in [0.25, 0.3) is 0 Å². The third kappa shape index (κ3) is 4.08. The van der Waals surface area contributed by atoms with E-state index in [0.29, 0.717) is 11.5 Å². The van der Waals surface area contributed by atoms with Crippen LogP contribution in [-0.2, 0) is 0 Å². The van der Waals surface area contributed by atoms with Crippen LogP contribution in [-0.4, -0.2) is 11.5 Å². The topological polar surface area (TPSA) is 24.9 Å². The van der Waals surface area contributed by atoms with Crippen molar-refractivity contribution in [3.63, 3.8) is 0 Å². The highest BCUT2D eigenvalue weighted by atomic mass is 32.1. The molecule has 0 fully saturated rings. The van der Waals surface area contributed by atoms with Crippen LogP contribution in [0.15, 0.2) is 23.6 Å². The Morgan fingerprint density at radius 1 is 1.19 bits per heavy atom. The zero-order valence-electron chi connectivity index (χ0n) is 12.5. The van der Waals surface area contributed by atoms with Gasteiger partial charge in [0.15, 0.2) is 0 Å². The minimum absolute atomic E-state index is 0.271. The molecule has 2 nitrogen and oxygen atoms in total. The van der Waals surface area contributed by atoms with Gasteiger partial charge in [-0.25, -0.2) is 13.8 Å². The lowest BCUT2D eigenvalue weighted by Gasteiger charge is -2.17. The molecule has 5 heteroatoms. The number of halogens is 2. The van der Waals surface area contributed by atoms with Gasteiger partial charge in [-0.15, -0.1) is 11.3 Å². The normalized spacial score (nSPS) is 12.9. The molecule has 0 bridgehead atoms. The van der Waals surface area contributed by atoms with E-state index in [2.05, 4.69) is 31.1 Å². The van der Waals surface area contributed by atoms with Gasteiger partial charge in [0.2, 0.25) is 0 Å². The summed E-state index contributed by atoms with van der Waals surface area (Å²) in [5, 5.41) is 6.18. The Morgan fingerprint density at radius 3 is 2.38 bits per heavy atom. The van der Waals surface area contributed by atoms with Crippen molar-refractivity contribution in [3.05, 3.63) is 51.5 Å². The maximum atomic E-state index is 13.5. The van der Waals surface area contributed by atoms with Gasteiger partial charge >= 0.3 is 0 Å². The lowest BCUT2D eigenvalue weighted by atomic mass is 10.1. The molecule has 0 saturated carbocycles. The fraction of sp³-hybridized carbons (Fsp3) is 0.438. The van der Waals surface area contributed by atoms with Crippen molar-refractivity contribution in [2.24, 2.45) is 0 Å². The maximum Gasteiger partial charge on any atom is 0.126 e. The summed E-state index contributed by atoms with van der Waals surface area (Å²) in [5.74, 6) is -0.783. The number of hydrogen-bond donors (Lipinski definition) is 1. The van der Waals surface area contributed by atoms with Crippen molar-refractivity contribution in [1.29, 1.82) is 0 Å². The molecule has 0 saturated heterocycles. The molecule has 114 valence electrons. The maximum absolute atomic E-state index is 13.5. The number of thiazole rings is 1. The lowest BCUT2D eigenvalue weighted by molar-refractivity contribution is 0.556. The van der Waals surface area contributed by atoms with Crippen LogP contribution in [0.2, 0.25) is 0 Å². The van der Waals surface area contributed by atoms with Crippen LogP contribution in [0.3, 0.4) is 0 Å². The zero-order valence-corrected chi connectivity index (χ0v) is 13.3. The van der Waals surface area contributed by atoms with E-state index in [0.717, 1.165) is 29.7 Å². The second-order valence-electron chi connectivity index (χ2n) is 5.36. The van der Waals surface area contributed by atoms with Crippen LogP contribution >= 0.6 is 11.3 Å². The summed E-state index contributed by atoms with van der Waals surface area (Å²) in [5.41, 5.74) is 1.58. The average Bonchev–Trinajstić information content (AvgIpc) is 2.88. The van der Waals surface area contributed by atoms with E-state index in [1.165, 1.54) is 23.5 Å².